The molecule has 20 heavy (non-hydrogen) atoms. The fourth-order valence-electron chi connectivity index (χ4n) is 1.61. The van der Waals surface area contributed by atoms with Crippen molar-refractivity contribution in [2.75, 3.05) is 7.11 Å². The maximum Gasteiger partial charge on any atom is 0.353 e. The predicted octanol–water partition coefficient (Wildman–Crippen LogP) is 1.46. The number of carbonyl (C=O) groups is 1. The third-order valence-electron chi connectivity index (χ3n) is 2.64. The Bertz CT molecular complexity index is 770. The summed E-state index contributed by atoms with van der Waals surface area (Å²) in [5, 5.41) is 18.5. The second-order valence-corrected chi connectivity index (χ2v) is 3.86. The molecular formula is C14H9NO5. The molecule has 6 heteroatoms. The molecule has 0 saturated carbocycles. The van der Waals surface area contributed by atoms with Crippen LogP contribution in [0, 0.1) is 11.3 Å². The number of ketones is 1. The Morgan fingerprint density at radius 1 is 1.40 bits per heavy atom. The summed E-state index contributed by atoms with van der Waals surface area (Å²) in [5.74, 6) is -0.425. The van der Waals surface area contributed by atoms with Crippen LogP contribution in [0.25, 0.3) is 0 Å². The molecule has 1 N–H and O–H groups in total. The summed E-state index contributed by atoms with van der Waals surface area (Å²) in [7, 11) is 1.43. The largest absolute Gasteiger partial charge is 0.507 e. The smallest absolute Gasteiger partial charge is 0.353 e. The monoisotopic (exact) mass is 271 g/mol. The molecule has 0 aliphatic rings. The van der Waals surface area contributed by atoms with Crippen LogP contribution in [0.2, 0.25) is 0 Å². The quantitative estimate of drug-likeness (QED) is 0.848. The van der Waals surface area contributed by atoms with Gasteiger partial charge in [0, 0.05) is 0 Å². The van der Waals surface area contributed by atoms with Gasteiger partial charge in [-0.2, -0.15) is 5.26 Å². The van der Waals surface area contributed by atoms with Crippen LogP contribution in [-0.2, 0) is 0 Å². The van der Waals surface area contributed by atoms with E-state index < -0.39 is 11.4 Å². The van der Waals surface area contributed by atoms with Gasteiger partial charge in [0.25, 0.3) is 0 Å². The maximum absolute atomic E-state index is 12.2. The van der Waals surface area contributed by atoms with Crippen molar-refractivity contribution in [2.24, 2.45) is 0 Å². The normalized spacial score (nSPS) is 9.80. The maximum atomic E-state index is 12.2. The number of methoxy groups -OCH3 is 1. The standard InChI is InChI=1S/C14H9NO5/c1-19-10-2-3-12(16)11(5-10)13(17)9-4-8(6-15)14(18)20-7-9/h2-5,7,16H,1H3. The molecule has 0 bridgehead atoms. The number of hydrogen-bond acceptors (Lipinski definition) is 6. The number of carbonyl (C=O) groups excluding carboxylic acids is 1. The lowest BCUT2D eigenvalue weighted by Gasteiger charge is -2.06. The van der Waals surface area contributed by atoms with Crippen molar-refractivity contribution in [2.45, 2.75) is 0 Å². The number of rotatable bonds is 3. The molecule has 1 aromatic carbocycles. The molecule has 0 saturated heterocycles. The van der Waals surface area contributed by atoms with Crippen molar-refractivity contribution >= 4 is 5.78 Å². The zero-order valence-electron chi connectivity index (χ0n) is 10.4. The zero-order valence-corrected chi connectivity index (χ0v) is 10.4. The van der Waals surface area contributed by atoms with Crippen LogP contribution in [0.3, 0.4) is 0 Å². The van der Waals surface area contributed by atoms with Crippen molar-refractivity contribution in [3.8, 4) is 17.6 Å². The van der Waals surface area contributed by atoms with Crippen LogP contribution < -0.4 is 10.4 Å². The van der Waals surface area contributed by atoms with Crippen LogP contribution in [0.5, 0.6) is 11.5 Å². The van der Waals surface area contributed by atoms with Gasteiger partial charge in [0.2, 0.25) is 0 Å². The van der Waals surface area contributed by atoms with E-state index in [1.54, 1.807) is 6.07 Å². The zero-order chi connectivity index (χ0) is 14.7. The van der Waals surface area contributed by atoms with Gasteiger partial charge in [-0.25, -0.2) is 4.79 Å². The van der Waals surface area contributed by atoms with Gasteiger partial charge >= 0.3 is 5.63 Å². The summed E-state index contributed by atoms with van der Waals surface area (Å²) in [6, 6.07) is 6.92. The van der Waals surface area contributed by atoms with Gasteiger partial charge in [0.05, 0.1) is 18.2 Å². The average Bonchev–Trinajstić information content (AvgIpc) is 2.47. The van der Waals surface area contributed by atoms with E-state index in [2.05, 4.69) is 4.42 Å². The van der Waals surface area contributed by atoms with Crippen molar-refractivity contribution < 1.29 is 19.1 Å². The van der Waals surface area contributed by atoms with Crippen molar-refractivity contribution in [3.05, 3.63) is 57.6 Å². The lowest BCUT2D eigenvalue weighted by atomic mass is 10.0. The molecule has 2 aromatic rings. The second-order valence-electron chi connectivity index (χ2n) is 3.86. The van der Waals surface area contributed by atoms with E-state index in [4.69, 9.17) is 10.00 Å². The number of nitriles is 1. The van der Waals surface area contributed by atoms with Gasteiger partial charge in [-0.15, -0.1) is 0 Å². The van der Waals surface area contributed by atoms with Crippen LogP contribution in [0.4, 0.5) is 0 Å². The van der Waals surface area contributed by atoms with E-state index >= 15 is 0 Å². The number of nitrogens with zero attached hydrogens (tertiary/aromatic N) is 1. The van der Waals surface area contributed by atoms with E-state index in [1.807, 2.05) is 0 Å². The van der Waals surface area contributed by atoms with Crippen molar-refractivity contribution in [1.29, 1.82) is 5.26 Å². The number of phenols is 1. The predicted molar refractivity (Wildman–Crippen MR) is 67.8 cm³/mol. The lowest BCUT2D eigenvalue weighted by molar-refractivity contribution is 0.103. The molecule has 0 unspecified atom stereocenters. The van der Waals surface area contributed by atoms with Crippen molar-refractivity contribution in [3.63, 3.8) is 0 Å². The van der Waals surface area contributed by atoms with Crippen LogP contribution in [0.1, 0.15) is 21.5 Å². The highest BCUT2D eigenvalue weighted by Crippen LogP contribution is 2.25. The Hall–Kier alpha value is -3.07. The molecule has 6 nitrogen and oxygen atoms in total. The summed E-state index contributed by atoms with van der Waals surface area (Å²) in [6.45, 7) is 0. The van der Waals surface area contributed by atoms with E-state index in [0.717, 1.165) is 12.3 Å². The van der Waals surface area contributed by atoms with Gasteiger partial charge < -0.3 is 14.3 Å². The van der Waals surface area contributed by atoms with Gasteiger partial charge in [-0.1, -0.05) is 0 Å². The molecule has 1 aromatic heterocycles. The summed E-state index contributed by atoms with van der Waals surface area (Å²) in [4.78, 5) is 23.4. The molecule has 0 radical (unpaired) electrons. The van der Waals surface area contributed by atoms with Crippen LogP contribution in [0.15, 0.2) is 39.7 Å². The Labute approximate surface area is 113 Å². The Balaban J connectivity index is 2.52. The number of phenolic OH excluding ortho intramolecular Hbond substituents is 1. The Kier molecular flexibility index (Phi) is 3.53. The molecule has 0 fully saturated rings. The Morgan fingerprint density at radius 3 is 2.80 bits per heavy atom. The minimum absolute atomic E-state index is 0.00953. The molecular weight excluding hydrogens is 262 g/mol. The average molecular weight is 271 g/mol. The first-order chi connectivity index (χ1) is 9.56. The first kappa shape index (κ1) is 13.4. The fourth-order valence-corrected chi connectivity index (χ4v) is 1.61. The summed E-state index contributed by atoms with van der Waals surface area (Å²) in [5.41, 5.74) is -1.12. The van der Waals surface area contributed by atoms with E-state index in [1.165, 1.54) is 25.3 Å². The Morgan fingerprint density at radius 2 is 2.15 bits per heavy atom. The molecule has 100 valence electrons. The molecule has 0 amide bonds. The summed E-state index contributed by atoms with van der Waals surface area (Å²) in [6.07, 6.45) is 0.949. The fraction of sp³-hybridized carbons (Fsp3) is 0.0714. The molecule has 0 aliphatic carbocycles. The van der Waals surface area contributed by atoms with E-state index in [9.17, 15) is 14.7 Å². The highest BCUT2D eigenvalue weighted by atomic mass is 16.5. The molecule has 2 rings (SSSR count). The topological polar surface area (TPSA) is 101 Å². The SMILES string of the molecule is COc1ccc(O)c(C(=O)c2coc(=O)c(C#N)c2)c1. The third-order valence-corrected chi connectivity index (χ3v) is 2.64. The van der Waals surface area contributed by atoms with Crippen LogP contribution in [-0.4, -0.2) is 18.0 Å². The van der Waals surface area contributed by atoms with Gasteiger partial charge in [0.1, 0.15) is 29.4 Å². The van der Waals surface area contributed by atoms with Gasteiger partial charge in [-0.3, -0.25) is 4.79 Å². The lowest BCUT2D eigenvalue weighted by Crippen LogP contribution is -2.09. The first-order valence-corrected chi connectivity index (χ1v) is 5.51. The highest BCUT2D eigenvalue weighted by molar-refractivity contribution is 6.10. The minimum Gasteiger partial charge on any atom is -0.507 e. The number of aromatic hydroxyl groups is 1. The number of benzene rings is 1. The molecule has 1 heterocycles. The molecule has 0 atom stereocenters. The highest BCUT2D eigenvalue weighted by Gasteiger charge is 2.17. The number of hydrogen-bond donors (Lipinski definition) is 1. The van der Waals surface area contributed by atoms with Crippen molar-refractivity contribution in [1.82, 2.24) is 0 Å². The minimum atomic E-state index is -0.820. The number of ether oxygens (including phenoxy) is 1. The molecule has 0 aliphatic heterocycles. The van der Waals surface area contributed by atoms with E-state index in [0.29, 0.717) is 5.75 Å². The van der Waals surface area contributed by atoms with Crippen LogP contribution >= 0.6 is 0 Å². The summed E-state index contributed by atoms with van der Waals surface area (Å²) < 4.78 is 9.58. The summed E-state index contributed by atoms with van der Waals surface area (Å²) >= 11 is 0. The van der Waals surface area contributed by atoms with E-state index in [-0.39, 0.29) is 22.4 Å². The third kappa shape index (κ3) is 2.37. The molecule has 0 spiro atoms. The first-order valence-electron chi connectivity index (χ1n) is 5.51. The van der Waals surface area contributed by atoms with Gasteiger partial charge in [0.15, 0.2) is 5.78 Å². The second kappa shape index (κ2) is 5.28. The van der Waals surface area contributed by atoms with Gasteiger partial charge in [-0.05, 0) is 24.3 Å².